The van der Waals surface area contributed by atoms with Gasteiger partial charge in [-0.15, -0.1) is 31.7 Å². The van der Waals surface area contributed by atoms with Gasteiger partial charge >= 0.3 is 0 Å². The van der Waals surface area contributed by atoms with Gasteiger partial charge in [0.2, 0.25) is 11.8 Å². The van der Waals surface area contributed by atoms with Crippen LogP contribution in [0.4, 0.5) is 0 Å². The van der Waals surface area contributed by atoms with E-state index >= 15 is 0 Å². The average molecular weight is 321 g/mol. The van der Waals surface area contributed by atoms with Gasteiger partial charge in [0.15, 0.2) is 5.16 Å². The summed E-state index contributed by atoms with van der Waals surface area (Å²) >= 11 is 3.34. The van der Waals surface area contributed by atoms with E-state index < -0.39 is 0 Å². The van der Waals surface area contributed by atoms with Crippen LogP contribution in [0.1, 0.15) is 23.6 Å². The maximum atomic E-state index is 5.49. The van der Waals surface area contributed by atoms with Crippen LogP contribution in [0.5, 0.6) is 0 Å². The Kier molecular flexibility index (Phi) is 4.66. The van der Waals surface area contributed by atoms with Crippen LogP contribution in [0.2, 0.25) is 0 Å². The predicted octanol–water partition coefficient (Wildman–Crippen LogP) is 2.82. The summed E-state index contributed by atoms with van der Waals surface area (Å²) in [5.74, 6) is 1.92. The summed E-state index contributed by atoms with van der Waals surface area (Å²) in [4.78, 5) is 1.36. The van der Waals surface area contributed by atoms with E-state index in [1.165, 1.54) is 4.88 Å². The molecule has 0 amide bonds. The van der Waals surface area contributed by atoms with Crippen LogP contribution in [0, 0.1) is 0 Å². The fraction of sp³-hybridized carbons (Fsp3) is 0.385. The van der Waals surface area contributed by atoms with Gasteiger partial charge < -0.3 is 8.98 Å². The van der Waals surface area contributed by atoms with Gasteiger partial charge in [-0.2, -0.15) is 0 Å². The first kappa shape index (κ1) is 14.3. The van der Waals surface area contributed by atoms with Crippen molar-refractivity contribution in [2.24, 2.45) is 0 Å². The standard InChI is InChI=1S/C13H15N5OS2/c1-2-11-15-16-12(19-11)8-21-13-17-14-9-18(13)6-5-10-4-3-7-20-10/h3-4,7,9H,2,5-6,8H2,1H3. The van der Waals surface area contributed by atoms with Gasteiger partial charge in [0, 0.05) is 17.8 Å². The molecule has 0 N–H and O–H groups in total. The molecule has 8 heteroatoms. The highest BCUT2D eigenvalue weighted by Crippen LogP contribution is 2.20. The van der Waals surface area contributed by atoms with Gasteiger partial charge in [-0.1, -0.05) is 24.8 Å². The third kappa shape index (κ3) is 3.70. The van der Waals surface area contributed by atoms with Gasteiger partial charge in [0.1, 0.15) is 6.33 Å². The first-order valence-electron chi connectivity index (χ1n) is 6.69. The van der Waals surface area contributed by atoms with E-state index in [0.29, 0.717) is 17.5 Å². The topological polar surface area (TPSA) is 69.6 Å². The first-order chi connectivity index (χ1) is 10.3. The van der Waals surface area contributed by atoms with Crippen LogP contribution in [-0.4, -0.2) is 25.0 Å². The van der Waals surface area contributed by atoms with E-state index in [9.17, 15) is 0 Å². The van der Waals surface area contributed by atoms with Crippen molar-refractivity contribution in [2.45, 2.75) is 37.2 Å². The zero-order valence-corrected chi connectivity index (χ0v) is 13.2. The van der Waals surface area contributed by atoms with Crippen LogP contribution in [-0.2, 0) is 25.1 Å². The molecule has 0 saturated carbocycles. The molecule has 0 aliphatic rings. The summed E-state index contributed by atoms with van der Waals surface area (Å²) < 4.78 is 7.55. The van der Waals surface area contributed by atoms with Gasteiger partial charge in [0.05, 0.1) is 5.75 Å². The Bertz CT molecular complexity index is 676. The van der Waals surface area contributed by atoms with Gasteiger partial charge in [-0.05, 0) is 17.9 Å². The van der Waals surface area contributed by atoms with Crippen molar-refractivity contribution >= 4 is 23.1 Å². The van der Waals surface area contributed by atoms with Gasteiger partial charge in [0.25, 0.3) is 0 Å². The fourth-order valence-electron chi connectivity index (χ4n) is 1.81. The second-order valence-corrected chi connectivity index (χ2v) is 6.34. The highest BCUT2D eigenvalue weighted by molar-refractivity contribution is 7.98. The zero-order chi connectivity index (χ0) is 14.5. The molecule has 0 radical (unpaired) electrons. The monoisotopic (exact) mass is 321 g/mol. The van der Waals surface area contributed by atoms with Gasteiger partial charge in [-0.25, -0.2) is 0 Å². The molecule has 0 atom stereocenters. The molecular formula is C13H15N5OS2. The highest BCUT2D eigenvalue weighted by atomic mass is 32.2. The minimum Gasteiger partial charge on any atom is -0.424 e. The summed E-state index contributed by atoms with van der Waals surface area (Å²) in [6.07, 6.45) is 3.51. The second kappa shape index (κ2) is 6.86. The molecule has 0 fully saturated rings. The predicted molar refractivity (Wildman–Crippen MR) is 81.3 cm³/mol. The molecule has 110 valence electrons. The molecular weight excluding hydrogens is 306 g/mol. The summed E-state index contributed by atoms with van der Waals surface area (Å²) in [7, 11) is 0. The van der Waals surface area contributed by atoms with Crippen molar-refractivity contribution in [3.05, 3.63) is 40.5 Å². The Labute approximate surface area is 130 Å². The Morgan fingerprint density at radius 3 is 2.95 bits per heavy atom. The maximum Gasteiger partial charge on any atom is 0.226 e. The van der Waals surface area contributed by atoms with Crippen molar-refractivity contribution in [1.82, 2.24) is 25.0 Å². The van der Waals surface area contributed by atoms with E-state index in [2.05, 4.69) is 42.5 Å². The van der Waals surface area contributed by atoms with E-state index in [-0.39, 0.29) is 0 Å². The fourth-order valence-corrected chi connectivity index (χ4v) is 3.29. The van der Waals surface area contributed by atoms with Crippen LogP contribution < -0.4 is 0 Å². The summed E-state index contributed by atoms with van der Waals surface area (Å²) in [5.41, 5.74) is 0. The maximum absolute atomic E-state index is 5.49. The third-order valence-electron chi connectivity index (χ3n) is 2.90. The Morgan fingerprint density at radius 1 is 1.29 bits per heavy atom. The molecule has 0 aliphatic heterocycles. The average Bonchev–Trinajstić information content (AvgIpc) is 3.24. The number of nitrogens with zero attached hydrogens (tertiary/aromatic N) is 5. The minimum atomic E-state index is 0.616. The van der Waals surface area contributed by atoms with Crippen molar-refractivity contribution in [1.29, 1.82) is 0 Å². The van der Waals surface area contributed by atoms with Crippen molar-refractivity contribution in [2.75, 3.05) is 0 Å². The third-order valence-corrected chi connectivity index (χ3v) is 4.80. The molecule has 3 rings (SSSR count). The lowest BCUT2D eigenvalue weighted by Gasteiger charge is -2.03. The molecule has 0 unspecified atom stereocenters. The quantitative estimate of drug-likeness (QED) is 0.623. The number of thiophene rings is 1. The molecule has 3 aromatic heterocycles. The van der Waals surface area contributed by atoms with Crippen molar-refractivity contribution < 1.29 is 4.42 Å². The van der Waals surface area contributed by atoms with Crippen LogP contribution in [0.15, 0.2) is 33.4 Å². The van der Waals surface area contributed by atoms with Crippen LogP contribution >= 0.6 is 23.1 Å². The molecule has 0 bridgehead atoms. The molecule has 0 aliphatic carbocycles. The molecule has 6 nitrogen and oxygen atoms in total. The molecule has 3 aromatic rings. The van der Waals surface area contributed by atoms with Crippen LogP contribution in [0.25, 0.3) is 0 Å². The van der Waals surface area contributed by atoms with Crippen molar-refractivity contribution in [3.63, 3.8) is 0 Å². The SMILES string of the molecule is CCc1nnc(CSc2nncn2CCc2cccs2)o1. The number of rotatable bonds is 7. The second-order valence-electron chi connectivity index (χ2n) is 4.37. The summed E-state index contributed by atoms with van der Waals surface area (Å²) in [5, 5.41) is 19.1. The van der Waals surface area contributed by atoms with E-state index in [0.717, 1.165) is 24.5 Å². The lowest BCUT2D eigenvalue weighted by molar-refractivity contribution is 0.469. The van der Waals surface area contributed by atoms with E-state index in [1.807, 2.05) is 6.92 Å². The number of thioether (sulfide) groups is 1. The highest BCUT2D eigenvalue weighted by Gasteiger charge is 2.09. The number of aryl methyl sites for hydroxylation is 3. The van der Waals surface area contributed by atoms with Gasteiger partial charge in [-0.3, -0.25) is 0 Å². The lowest BCUT2D eigenvalue weighted by Crippen LogP contribution is -2.01. The van der Waals surface area contributed by atoms with Crippen LogP contribution in [0.3, 0.4) is 0 Å². The smallest absolute Gasteiger partial charge is 0.226 e. The number of hydrogen-bond donors (Lipinski definition) is 0. The minimum absolute atomic E-state index is 0.616. The molecule has 0 aromatic carbocycles. The summed E-state index contributed by atoms with van der Waals surface area (Å²) in [6, 6.07) is 4.22. The Balaban J connectivity index is 1.57. The summed E-state index contributed by atoms with van der Waals surface area (Å²) in [6.45, 7) is 2.87. The van der Waals surface area contributed by atoms with Crippen molar-refractivity contribution in [3.8, 4) is 0 Å². The molecule has 0 saturated heterocycles. The number of aromatic nitrogens is 5. The lowest BCUT2D eigenvalue weighted by atomic mass is 10.3. The molecule has 3 heterocycles. The zero-order valence-electron chi connectivity index (χ0n) is 11.6. The largest absolute Gasteiger partial charge is 0.424 e. The normalized spacial score (nSPS) is 11.1. The Morgan fingerprint density at radius 2 is 2.19 bits per heavy atom. The Hall–Kier alpha value is -1.67. The van der Waals surface area contributed by atoms with E-state index in [4.69, 9.17) is 4.42 Å². The molecule has 0 spiro atoms. The number of hydrogen-bond acceptors (Lipinski definition) is 7. The molecule has 21 heavy (non-hydrogen) atoms. The first-order valence-corrected chi connectivity index (χ1v) is 8.56. The van der Waals surface area contributed by atoms with E-state index in [1.54, 1.807) is 29.4 Å².